The fourth-order valence-electron chi connectivity index (χ4n) is 1.93. The van der Waals surface area contributed by atoms with E-state index in [0.29, 0.717) is 18.7 Å². The van der Waals surface area contributed by atoms with E-state index in [4.69, 9.17) is 9.15 Å². The molecular formula is C15H20N2O4S. The Hall–Kier alpha value is -1.70. The highest BCUT2D eigenvalue weighted by Gasteiger charge is 2.11. The highest BCUT2D eigenvalue weighted by Crippen LogP contribution is 2.25. The van der Waals surface area contributed by atoms with Gasteiger partial charge in [-0.3, -0.25) is 4.79 Å². The third kappa shape index (κ3) is 4.94. The van der Waals surface area contributed by atoms with E-state index in [1.54, 1.807) is 0 Å². The van der Waals surface area contributed by atoms with Gasteiger partial charge in [0, 0.05) is 19.0 Å². The minimum Gasteiger partial charge on any atom is -0.459 e. The van der Waals surface area contributed by atoms with Crippen LogP contribution in [0.25, 0.3) is 10.8 Å². The van der Waals surface area contributed by atoms with E-state index in [1.165, 1.54) is 18.4 Å². The van der Waals surface area contributed by atoms with Crippen LogP contribution >= 0.6 is 11.3 Å². The number of rotatable bonds is 8. The highest BCUT2D eigenvalue weighted by molar-refractivity contribution is 7.13. The lowest BCUT2D eigenvalue weighted by Gasteiger charge is -2.09. The summed E-state index contributed by atoms with van der Waals surface area (Å²) in [6.45, 7) is 2.56. The summed E-state index contributed by atoms with van der Waals surface area (Å²) in [5.74, 6) is 1.44. The largest absolute Gasteiger partial charge is 0.459 e. The van der Waals surface area contributed by atoms with Crippen molar-refractivity contribution in [2.75, 3.05) is 20.3 Å². The van der Waals surface area contributed by atoms with E-state index in [0.717, 1.165) is 16.5 Å². The fraction of sp³-hybridized carbons (Fsp3) is 0.467. The van der Waals surface area contributed by atoms with Crippen molar-refractivity contribution in [3.63, 3.8) is 0 Å². The lowest BCUT2D eigenvalue weighted by atomic mass is 10.2. The Morgan fingerprint density at radius 2 is 2.36 bits per heavy atom. The van der Waals surface area contributed by atoms with E-state index in [2.05, 4.69) is 10.3 Å². The van der Waals surface area contributed by atoms with Crippen LogP contribution in [0.3, 0.4) is 0 Å². The monoisotopic (exact) mass is 324 g/mol. The third-order valence-corrected chi connectivity index (χ3v) is 3.91. The van der Waals surface area contributed by atoms with Crippen molar-refractivity contribution in [3.05, 3.63) is 29.0 Å². The fourth-order valence-corrected chi connectivity index (χ4v) is 2.71. The molecule has 0 aromatic carbocycles. The van der Waals surface area contributed by atoms with Crippen molar-refractivity contribution in [2.45, 2.75) is 25.9 Å². The summed E-state index contributed by atoms with van der Waals surface area (Å²) >= 11 is 1.45. The maximum atomic E-state index is 11.8. The van der Waals surface area contributed by atoms with Crippen LogP contribution in [0, 0.1) is 6.92 Å². The Labute approximate surface area is 133 Å². The van der Waals surface area contributed by atoms with E-state index in [1.807, 2.05) is 24.4 Å². The molecule has 0 aliphatic heterocycles. The van der Waals surface area contributed by atoms with Gasteiger partial charge in [-0.1, -0.05) is 0 Å². The highest BCUT2D eigenvalue weighted by atomic mass is 32.1. The van der Waals surface area contributed by atoms with Gasteiger partial charge in [-0.25, -0.2) is 4.98 Å². The number of aliphatic hydroxyl groups excluding tert-OH is 1. The number of carbonyl (C=O) groups is 1. The number of nitrogens with zero attached hydrogens (tertiary/aromatic N) is 1. The maximum Gasteiger partial charge on any atom is 0.226 e. The minimum atomic E-state index is -0.557. The molecule has 0 bridgehead atoms. The Bertz CT molecular complexity index is 608. The van der Waals surface area contributed by atoms with Crippen LogP contribution in [0.5, 0.6) is 0 Å². The van der Waals surface area contributed by atoms with Crippen LogP contribution in [0.4, 0.5) is 0 Å². The summed E-state index contributed by atoms with van der Waals surface area (Å²) in [5.41, 5.74) is 0.712. The molecule has 1 amide bonds. The lowest BCUT2D eigenvalue weighted by Crippen LogP contribution is -2.29. The summed E-state index contributed by atoms with van der Waals surface area (Å²) in [5, 5.41) is 14.9. The van der Waals surface area contributed by atoms with Crippen molar-refractivity contribution in [1.29, 1.82) is 0 Å². The second-order valence-corrected chi connectivity index (χ2v) is 5.84. The molecule has 2 heterocycles. The molecular weight excluding hydrogens is 304 g/mol. The molecule has 0 aliphatic rings. The van der Waals surface area contributed by atoms with Gasteiger partial charge in [0.2, 0.25) is 5.91 Å². The summed E-state index contributed by atoms with van der Waals surface area (Å²) in [4.78, 5) is 16.2. The smallest absolute Gasteiger partial charge is 0.226 e. The predicted molar refractivity (Wildman–Crippen MR) is 83.8 cm³/mol. The zero-order valence-electron chi connectivity index (χ0n) is 12.7. The Balaban J connectivity index is 1.79. The van der Waals surface area contributed by atoms with Crippen molar-refractivity contribution < 1.29 is 19.1 Å². The van der Waals surface area contributed by atoms with Crippen molar-refractivity contribution in [3.8, 4) is 10.8 Å². The number of nitrogens with one attached hydrogen (secondary N) is 1. The van der Waals surface area contributed by atoms with Crippen molar-refractivity contribution in [1.82, 2.24) is 10.3 Å². The number of amides is 1. The van der Waals surface area contributed by atoms with Gasteiger partial charge in [-0.15, -0.1) is 11.3 Å². The van der Waals surface area contributed by atoms with Gasteiger partial charge in [-0.05, 0) is 25.5 Å². The number of aliphatic hydroxyl groups is 1. The second kappa shape index (κ2) is 8.07. The van der Waals surface area contributed by atoms with E-state index < -0.39 is 6.10 Å². The molecule has 2 aromatic rings. The molecule has 2 N–H and O–H groups in total. The number of aryl methyl sites for hydroxylation is 1. The summed E-state index contributed by atoms with van der Waals surface area (Å²) in [6, 6.07) is 3.75. The SMILES string of the molecule is COCC(O)CCNC(=O)Cc1csc(-c2ccc(C)o2)n1. The lowest BCUT2D eigenvalue weighted by molar-refractivity contribution is -0.120. The average Bonchev–Trinajstić information content (AvgIpc) is 3.08. The van der Waals surface area contributed by atoms with Gasteiger partial charge in [0.15, 0.2) is 10.8 Å². The summed E-state index contributed by atoms with van der Waals surface area (Å²) in [7, 11) is 1.53. The zero-order valence-corrected chi connectivity index (χ0v) is 13.5. The summed E-state index contributed by atoms with van der Waals surface area (Å²) < 4.78 is 10.3. The van der Waals surface area contributed by atoms with E-state index >= 15 is 0 Å². The molecule has 1 unspecified atom stereocenters. The molecule has 120 valence electrons. The molecule has 6 nitrogen and oxygen atoms in total. The predicted octanol–water partition coefficient (Wildman–Crippen LogP) is 1.77. The molecule has 22 heavy (non-hydrogen) atoms. The number of methoxy groups -OCH3 is 1. The van der Waals surface area contributed by atoms with E-state index in [9.17, 15) is 9.90 Å². The van der Waals surface area contributed by atoms with Gasteiger partial charge < -0.3 is 19.6 Å². The van der Waals surface area contributed by atoms with E-state index in [-0.39, 0.29) is 18.9 Å². The van der Waals surface area contributed by atoms with Gasteiger partial charge in [0.05, 0.1) is 24.8 Å². The molecule has 0 radical (unpaired) electrons. The molecule has 2 aromatic heterocycles. The molecule has 0 saturated carbocycles. The van der Waals surface area contributed by atoms with Crippen molar-refractivity contribution in [2.24, 2.45) is 0 Å². The number of ether oxygens (including phenoxy) is 1. The Morgan fingerprint density at radius 3 is 3.05 bits per heavy atom. The number of hydrogen-bond donors (Lipinski definition) is 2. The molecule has 0 aliphatic carbocycles. The van der Waals surface area contributed by atoms with Crippen LogP contribution in [0.15, 0.2) is 21.9 Å². The van der Waals surface area contributed by atoms with Crippen LogP contribution in [0.2, 0.25) is 0 Å². The zero-order chi connectivity index (χ0) is 15.9. The van der Waals surface area contributed by atoms with Crippen molar-refractivity contribution >= 4 is 17.2 Å². The van der Waals surface area contributed by atoms with Gasteiger partial charge in [-0.2, -0.15) is 0 Å². The van der Waals surface area contributed by atoms with Crippen LogP contribution in [0.1, 0.15) is 17.9 Å². The first kappa shape index (κ1) is 16.7. The molecule has 2 rings (SSSR count). The average molecular weight is 324 g/mol. The number of aromatic nitrogens is 1. The number of carbonyl (C=O) groups excluding carboxylic acids is 1. The minimum absolute atomic E-state index is 0.114. The number of thiazole rings is 1. The van der Waals surface area contributed by atoms with Crippen LogP contribution < -0.4 is 5.32 Å². The number of furan rings is 1. The third-order valence-electron chi connectivity index (χ3n) is 3.00. The first-order chi connectivity index (χ1) is 10.6. The first-order valence-corrected chi connectivity index (χ1v) is 7.91. The quantitative estimate of drug-likeness (QED) is 0.773. The normalized spacial score (nSPS) is 12.3. The van der Waals surface area contributed by atoms with Crippen LogP contribution in [-0.2, 0) is 16.0 Å². The first-order valence-electron chi connectivity index (χ1n) is 7.03. The topological polar surface area (TPSA) is 84.6 Å². The van der Waals surface area contributed by atoms with Gasteiger partial charge in [0.25, 0.3) is 0 Å². The molecule has 1 atom stereocenters. The second-order valence-electron chi connectivity index (χ2n) is 4.98. The van der Waals surface area contributed by atoms with Gasteiger partial charge >= 0.3 is 0 Å². The Kier molecular flexibility index (Phi) is 6.11. The molecule has 0 spiro atoms. The summed E-state index contributed by atoms with van der Waals surface area (Å²) in [6.07, 6.45) is 0.128. The molecule has 0 saturated heterocycles. The molecule has 0 fully saturated rings. The standard InChI is InChI=1S/C15H20N2O4S/c1-10-3-4-13(21-10)15-17-11(9-22-15)7-14(19)16-6-5-12(18)8-20-2/h3-4,9,12,18H,5-8H2,1-2H3,(H,16,19). The van der Waals surface area contributed by atoms with Crippen LogP contribution in [-0.4, -0.2) is 42.4 Å². The Morgan fingerprint density at radius 1 is 1.55 bits per heavy atom. The van der Waals surface area contributed by atoms with Gasteiger partial charge in [0.1, 0.15) is 5.76 Å². The number of hydrogen-bond acceptors (Lipinski definition) is 6. The molecule has 7 heteroatoms. The maximum absolute atomic E-state index is 11.8.